The molecule has 2 rings (SSSR count). The van der Waals surface area contributed by atoms with Crippen LogP contribution in [0.5, 0.6) is 0 Å². The highest BCUT2D eigenvalue weighted by atomic mass is 15.1. The molecule has 0 radical (unpaired) electrons. The van der Waals surface area contributed by atoms with E-state index >= 15 is 0 Å². The second-order valence-corrected chi connectivity index (χ2v) is 6.70. The molecule has 1 aliphatic rings. The summed E-state index contributed by atoms with van der Waals surface area (Å²) in [5.74, 6) is 1.37. The van der Waals surface area contributed by atoms with E-state index in [-0.39, 0.29) is 6.04 Å². The molecular formula is C15H27N3. The second-order valence-electron chi connectivity index (χ2n) is 6.70. The van der Waals surface area contributed by atoms with Crippen LogP contribution < -0.4 is 5.73 Å². The Kier molecular flexibility index (Phi) is 3.81. The van der Waals surface area contributed by atoms with E-state index in [1.165, 1.54) is 18.5 Å². The molecule has 0 spiro atoms. The Bertz CT molecular complexity index is 388. The third kappa shape index (κ3) is 2.77. The van der Waals surface area contributed by atoms with Crippen LogP contribution in [0, 0.1) is 17.3 Å². The Morgan fingerprint density at radius 1 is 1.33 bits per heavy atom. The Hall–Kier alpha value is -0.830. The lowest BCUT2D eigenvalue weighted by Gasteiger charge is -2.23. The van der Waals surface area contributed by atoms with Crippen molar-refractivity contribution in [2.75, 3.05) is 0 Å². The lowest BCUT2D eigenvalue weighted by Crippen LogP contribution is -2.22. The van der Waals surface area contributed by atoms with Crippen LogP contribution >= 0.6 is 0 Å². The maximum absolute atomic E-state index is 6.30. The summed E-state index contributed by atoms with van der Waals surface area (Å²) in [5, 5.41) is 0. The monoisotopic (exact) mass is 249 g/mol. The van der Waals surface area contributed by atoms with E-state index in [9.17, 15) is 0 Å². The third-order valence-corrected chi connectivity index (χ3v) is 4.45. The van der Waals surface area contributed by atoms with Crippen molar-refractivity contribution in [2.45, 2.75) is 59.5 Å². The molecule has 1 unspecified atom stereocenters. The van der Waals surface area contributed by atoms with Crippen molar-refractivity contribution >= 4 is 0 Å². The molecule has 2 N–H and O–H groups in total. The lowest BCUT2D eigenvalue weighted by molar-refractivity contribution is 0.301. The average molecular weight is 249 g/mol. The molecule has 102 valence electrons. The first-order chi connectivity index (χ1) is 8.44. The van der Waals surface area contributed by atoms with Crippen molar-refractivity contribution < 1.29 is 0 Å². The molecule has 0 amide bonds. The fraction of sp³-hybridized carbons (Fsp3) is 0.800. The van der Waals surface area contributed by atoms with Gasteiger partial charge in [-0.05, 0) is 36.5 Å². The van der Waals surface area contributed by atoms with Crippen molar-refractivity contribution in [1.82, 2.24) is 9.55 Å². The number of nitrogens with zero attached hydrogens (tertiary/aromatic N) is 2. The Morgan fingerprint density at radius 2 is 2.00 bits per heavy atom. The molecule has 3 nitrogen and oxygen atoms in total. The standard InChI is InChI=1S/C15H27N3/c1-11(2)7-13(16)14-8-17-10-18(14)9-15(5-6-15)12(3)4/h8,10-13H,5-7,9,16H2,1-4H3. The summed E-state index contributed by atoms with van der Waals surface area (Å²) >= 11 is 0. The van der Waals surface area contributed by atoms with Gasteiger partial charge >= 0.3 is 0 Å². The number of imidazole rings is 1. The summed E-state index contributed by atoms with van der Waals surface area (Å²) in [7, 11) is 0. The van der Waals surface area contributed by atoms with Crippen LogP contribution in [0.4, 0.5) is 0 Å². The molecule has 1 aromatic heterocycles. The number of aromatic nitrogens is 2. The first-order valence-electron chi connectivity index (χ1n) is 7.20. The van der Waals surface area contributed by atoms with E-state index in [1.807, 2.05) is 12.5 Å². The second kappa shape index (κ2) is 5.04. The van der Waals surface area contributed by atoms with Gasteiger partial charge in [0.1, 0.15) is 0 Å². The first-order valence-corrected chi connectivity index (χ1v) is 7.20. The fourth-order valence-corrected chi connectivity index (χ4v) is 2.82. The summed E-state index contributed by atoms with van der Waals surface area (Å²) in [6.45, 7) is 10.2. The summed E-state index contributed by atoms with van der Waals surface area (Å²) in [6.07, 6.45) is 7.63. The van der Waals surface area contributed by atoms with Gasteiger partial charge in [0.05, 0.1) is 12.0 Å². The maximum Gasteiger partial charge on any atom is 0.0948 e. The maximum atomic E-state index is 6.30. The molecule has 1 aromatic rings. The number of rotatable bonds is 6. The van der Waals surface area contributed by atoms with E-state index in [0.29, 0.717) is 11.3 Å². The molecule has 1 heterocycles. The molecule has 0 bridgehead atoms. The van der Waals surface area contributed by atoms with Crippen molar-refractivity contribution in [3.63, 3.8) is 0 Å². The van der Waals surface area contributed by atoms with Gasteiger partial charge < -0.3 is 10.3 Å². The predicted octanol–water partition coefficient (Wildman–Crippen LogP) is 3.37. The number of hydrogen-bond donors (Lipinski definition) is 1. The normalized spacial score (nSPS) is 19.5. The zero-order valence-electron chi connectivity index (χ0n) is 12.2. The zero-order chi connectivity index (χ0) is 13.3. The van der Waals surface area contributed by atoms with Crippen molar-refractivity contribution in [1.29, 1.82) is 0 Å². The van der Waals surface area contributed by atoms with Gasteiger partial charge in [-0.25, -0.2) is 4.98 Å². The molecule has 1 saturated carbocycles. The first kappa shape index (κ1) is 13.6. The molecule has 1 fully saturated rings. The summed E-state index contributed by atoms with van der Waals surface area (Å²) < 4.78 is 2.29. The van der Waals surface area contributed by atoms with Crippen molar-refractivity contribution in [3.05, 3.63) is 18.2 Å². The van der Waals surface area contributed by atoms with Gasteiger partial charge in [-0.1, -0.05) is 27.7 Å². The van der Waals surface area contributed by atoms with Gasteiger partial charge in [0.25, 0.3) is 0 Å². The van der Waals surface area contributed by atoms with Crippen LogP contribution in [0.3, 0.4) is 0 Å². The molecule has 0 saturated heterocycles. The molecule has 0 aromatic carbocycles. The van der Waals surface area contributed by atoms with E-state index in [4.69, 9.17) is 5.73 Å². The number of nitrogens with two attached hydrogens (primary N) is 1. The average Bonchev–Trinajstić information content (AvgIpc) is 2.88. The Labute approximate surface area is 111 Å². The van der Waals surface area contributed by atoms with Crippen LogP contribution in [0.1, 0.15) is 58.7 Å². The van der Waals surface area contributed by atoms with E-state index in [0.717, 1.165) is 18.9 Å². The molecule has 18 heavy (non-hydrogen) atoms. The van der Waals surface area contributed by atoms with Crippen LogP contribution in [0.15, 0.2) is 12.5 Å². The van der Waals surface area contributed by atoms with Crippen LogP contribution in [0.25, 0.3) is 0 Å². The van der Waals surface area contributed by atoms with Crippen LogP contribution in [0.2, 0.25) is 0 Å². The van der Waals surface area contributed by atoms with Crippen molar-refractivity contribution in [2.24, 2.45) is 23.0 Å². The van der Waals surface area contributed by atoms with E-state index < -0.39 is 0 Å². The highest BCUT2D eigenvalue weighted by Gasteiger charge is 2.45. The van der Waals surface area contributed by atoms with E-state index in [1.54, 1.807) is 0 Å². The van der Waals surface area contributed by atoms with Crippen LogP contribution in [-0.4, -0.2) is 9.55 Å². The van der Waals surface area contributed by atoms with Gasteiger partial charge in [-0.3, -0.25) is 0 Å². The summed E-state index contributed by atoms with van der Waals surface area (Å²) in [5.41, 5.74) is 8.01. The summed E-state index contributed by atoms with van der Waals surface area (Å²) in [6, 6.07) is 0.121. The van der Waals surface area contributed by atoms with Gasteiger partial charge in [-0.15, -0.1) is 0 Å². The molecule has 3 heteroatoms. The minimum atomic E-state index is 0.121. The number of hydrogen-bond acceptors (Lipinski definition) is 2. The van der Waals surface area contributed by atoms with Crippen molar-refractivity contribution in [3.8, 4) is 0 Å². The van der Waals surface area contributed by atoms with E-state index in [2.05, 4.69) is 37.2 Å². The van der Waals surface area contributed by atoms with Gasteiger partial charge in [0, 0.05) is 18.8 Å². The molecule has 1 atom stereocenters. The topological polar surface area (TPSA) is 43.8 Å². The zero-order valence-corrected chi connectivity index (χ0v) is 12.2. The quantitative estimate of drug-likeness (QED) is 0.840. The minimum absolute atomic E-state index is 0.121. The fourth-order valence-electron chi connectivity index (χ4n) is 2.82. The summed E-state index contributed by atoms with van der Waals surface area (Å²) in [4.78, 5) is 4.30. The van der Waals surface area contributed by atoms with Gasteiger partial charge in [0.15, 0.2) is 0 Å². The Balaban J connectivity index is 2.08. The van der Waals surface area contributed by atoms with Crippen LogP contribution in [-0.2, 0) is 6.54 Å². The molecule has 0 aliphatic heterocycles. The lowest BCUT2D eigenvalue weighted by atomic mass is 9.92. The SMILES string of the molecule is CC(C)CC(N)c1cncn1CC1(C(C)C)CC1. The van der Waals surface area contributed by atoms with Gasteiger partial charge in [0.2, 0.25) is 0 Å². The molecule has 1 aliphatic carbocycles. The smallest absolute Gasteiger partial charge is 0.0948 e. The highest BCUT2D eigenvalue weighted by molar-refractivity contribution is 5.07. The third-order valence-electron chi connectivity index (χ3n) is 4.45. The minimum Gasteiger partial charge on any atom is -0.333 e. The molecular weight excluding hydrogens is 222 g/mol. The Morgan fingerprint density at radius 3 is 2.50 bits per heavy atom. The van der Waals surface area contributed by atoms with Gasteiger partial charge in [-0.2, -0.15) is 0 Å². The largest absolute Gasteiger partial charge is 0.333 e. The predicted molar refractivity (Wildman–Crippen MR) is 75.1 cm³/mol. The highest BCUT2D eigenvalue weighted by Crippen LogP contribution is 2.53.